The SMILES string of the molecule is N#C/C=C\O. The van der Waals surface area contributed by atoms with Crippen LogP contribution in [-0.4, -0.2) is 5.11 Å². The number of nitriles is 1. The molecule has 0 bridgehead atoms. The molecule has 1 N–H and O–H groups in total. The maximum absolute atomic E-state index is 7.66. The molecule has 0 aromatic rings. The van der Waals surface area contributed by atoms with Crippen molar-refractivity contribution in [3.8, 4) is 6.07 Å². The van der Waals surface area contributed by atoms with Crippen LogP contribution in [0.1, 0.15) is 0 Å². The molecule has 0 spiro atoms. The minimum absolute atomic E-state index is 0.694. The van der Waals surface area contributed by atoms with Gasteiger partial charge in [-0.3, -0.25) is 0 Å². The lowest BCUT2D eigenvalue weighted by Crippen LogP contribution is -1.42. The summed E-state index contributed by atoms with van der Waals surface area (Å²) < 4.78 is 0. The Labute approximate surface area is 30.0 Å². The summed E-state index contributed by atoms with van der Waals surface area (Å²) in [5.41, 5.74) is 0. The average Bonchev–Trinajstić information content (AvgIpc) is 1.41. The molecule has 0 fully saturated rings. The number of nitrogens with zero attached hydrogens (tertiary/aromatic N) is 1. The van der Waals surface area contributed by atoms with Crippen molar-refractivity contribution in [3.05, 3.63) is 12.3 Å². The number of hydrogen-bond acceptors (Lipinski definition) is 2. The molecule has 0 aromatic carbocycles. The van der Waals surface area contributed by atoms with E-state index >= 15 is 0 Å². The highest BCUT2D eigenvalue weighted by molar-refractivity contribution is 4.96. The van der Waals surface area contributed by atoms with Gasteiger partial charge in [0.25, 0.3) is 0 Å². The molecule has 0 heterocycles. The molecule has 0 saturated carbocycles. The first-order valence-corrected chi connectivity index (χ1v) is 1.10. The molecule has 0 aromatic heterocycles. The van der Waals surface area contributed by atoms with Gasteiger partial charge in [-0.2, -0.15) is 5.26 Å². The Morgan fingerprint density at radius 1 is 1.80 bits per heavy atom. The van der Waals surface area contributed by atoms with Gasteiger partial charge in [0.2, 0.25) is 0 Å². The van der Waals surface area contributed by atoms with Crippen molar-refractivity contribution in [3.63, 3.8) is 0 Å². The van der Waals surface area contributed by atoms with Crippen molar-refractivity contribution >= 4 is 0 Å². The maximum Gasteiger partial charge on any atom is 0.0944 e. The summed E-state index contributed by atoms with van der Waals surface area (Å²) in [7, 11) is 0. The van der Waals surface area contributed by atoms with Crippen LogP contribution in [0.15, 0.2) is 12.3 Å². The number of aliphatic hydroxyl groups excluding tert-OH is 1. The summed E-state index contributed by atoms with van der Waals surface area (Å²) in [5, 5.41) is 15.2. The van der Waals surface area contributed by atoms with Crippen LogP contribution in [0, 0.1) is 11.3 Å². The Hall–Kier alpha value is -0.970. The smallest absolute Gasteiger partial charge is 0.0944 e. The molecule has 0 rings (SSSR count). The van der Waals surface area contributed by atoms with E-state index in [1.54, 1.807) is 6.07 Å². The number of rotatable bonds is 0. The first-order chi connectivity index (χ1) is 2.41. The lowest BCUT2D eigenvalue weighted by Gasteiger charge is -1.51. The van der Waals surface area contributed by atoms with Crippen molar-refractivity contribution < 1.29 is 5.11 Å². The van der Waals surface area contributed by atoms with Crippen molar-refractivity contribution in [2.75, 3.05) is 0 Å². The molecule has 0 radical (unpaired) electrons. The van der Waals surface area contributed by atoms with Crippen LogP contribution in [0.5, 0.6) is 0 Å². The normalized spacial score (nSPS) is 7.80. The van der Waals surface area contributed by atoms with E-state index in [9.17, 15) is 0 Å². The zero-order chi connectivity index (χ0) is 4.12. The zero-order valence-electron chi connectivity index (χ0n) is 2.55. The summed E-state index contributed by atoms with van der Waals surface area (Å²) in [5.74, 6) is 0. The quantitative estimate of drug-likeness (QED) is 0.334. The van der Waals surface area contributed by atoms with E-state index in [1.165, 1.54) is 0 Å². The Morgan fingerprint density at radius 2 is 2.40 bits per heavy atom. The van der Waals surface area contributed by atoms with E-state index < -0.39 is 0 Å². The molecular formula is C3H3NO. The number of allylic oxidation sites excluding steroid dienone is 1. The zero-order valence-corrected chi connectivity index (χ0v) is 2.55. The highest BCUT2D eigenvalue weighted by atomic mass is 16.2. The molecule has 0 saturated heterocycles. The Bertz CT molecular complexity index is 69.5. The first kappa shape index (κ1) is 4.03. The Morgan fingerprint density at radius 3 is 2.40 bits per heavy atom. The summed E-state index contributed by atoms with van der Waals surface area (Å²) in [6, 6.07) is 1.59. The summed E-state index contributed by atoms with van der Waals surface area (Å²) in [6.45, 7) is 0. The lowest BCUT2D eigenvalue weighted by molar-refractivity contribution is 0.474. The fraction of sp³-hybridized carbons (Fsp3) is 0. The number of hydrogen-bond donors (Lipinski definition) is 1. The fourth-order valence-corrected chi connectivity index (χ4v) is 0.0333. The van der Waals surface area contributed by atoms with Crippen LogP contribution in [0.25, 0.3) is 0 Å². The molecule has 26 valence electrons. The van der Waals surface area contributed by atoms with Crippen LogP contribution in [0.4, 0.5) is 0 Å². The monoisotopic (exact) mass is 69.0 g/mol. The molecule has 2 nitrogen and oxygen atoms in total. The molecule has 0 amide bonds. The van der Waals surface area contributed by atoms with Crippen LogP contribution < -0.4 is 0 Å². The molecule has 0 aliphatic carbocycles. The maximum atomic E-state index is 7.66. The molecule has 0 aliphatic rings. The molecule has 5 heavy (non-hydrogen) atoms. The third-order valence-electron chi connectivity index (χ3n) is 0.149. The summed E-state index contributed by atoms with van der Waals surface area (Å²) in [6.07, 6.45) is 1.68. The molecule has 0 atom stereocenters. The predicted octanol–water partition coefficient (Wildman–Crippen LogP) is 0.582. The number of aliphatic hydroxyl groups is 1. The van der Waals surface area contributed by atoms with Crippen molar-refractivity contribution in [1.82, 2.24) is 0 Å². The van der Waals surface area contributed by atoms with E-state index in [-0.39, 0.29) is 0 Å². The predicted molar refractivity (Wildman–Crippen MR) is 17.4 cm³/mol. The highest BCUT2D eigenvalue weighted by Crippen LogP contribution is 1.53. The van der Waals surface area contributed by atoms with Crippen LogP contribution in [-0.2, 0) is 0 Å². The van der Waals surface area contributed by atoms with Crippen molar-refractivity contribution in [2.45, 2.75) is 0 Å². The van der Waals surface area contributed by atoms with E-state index in [2.05, 4.69) is 0 Å². The van der Waals surface area contributed by atoms with E-state index in [4.69, 9.17) is 10.4 Å². The molecule has 2 heteroatoms. The van der Waals surface area contributed by atoms with Crippen LogP contribution in [0.3, 0.4) is 0 Å². The topological polar surface area (TPSA) is 44.0 Å². The minimum Gasteiger partial charge on any atom is -0.515 e. The summed E-state index contributed by atoms with van der Waals surface area (Å²) in [4.78, 5) is 0. The van der Waals surface area contributed by atoms with Gasteiger partial charge >= 0.3 is 0 Å². The van der Waals surface area contributed by atoms with Gasteiger partial charge in [-0.25, -0.2) is 0 Å². The van der Waals surface area contributed by atoms with Gasteiger partial charge in [0.15, 0.2) is 0 Å². The van der Waals surface area contributed by atoms with Gasteiger partial charge in [0.1, 0.15) is 0 Å². The first-order valence-electron chi connectivity index (χ1n) is 1.10. The van der Waals surface area contributed by atoms with Crippen molar-refractivity contribution in [1.29, 1.82) is 5.26 Å². The van der Waals surface area contributed by atoms with Gasteiger partial charge in [-0.1, -0.05) is 0 Å². The molecule has 0 unspecified atom stereocenters. The summed E-state index contributed by atoms with van der Waals surface area (Å²) >= 11 is 0. The van der Waals surface area contributed by atoms with E-state index in [0.29, 0.717) is 6.26 Å². The van der Waals surface area contributed by atoms with E-state index in [0.717, 1.165) is 6.08 Å². The second-order valence-electron chi connectivity index (χ2n) is 0.445. The van der Waals surface area contributed by atoms with Crippen molar-refractivity contribution in [2.24, 2.45) is 0 Å². The highest BCUT2D eigenvalue weighted by Gasteiger charge is 1.47. The second kappa shape index (κ2) is 3.03. The fourth-order valence-electron chi connectivity index (χ4n) is 0.0333. The van der Waals surface area contributed by atoms with Crippen LogP contribution >= 0.6 is 0 Å². The minimum atomic E-state index is 0.694. The van der Waals surface area contributed by atoms with Gasteiger partial charge in [-0.05, 0) is 0 Å². The lowest BCUT2D eigenvalue weighted by atomic mass is 10.7. The Balaban J connectivity index is 3.04. The van der Waals surface area contributed by atoms with Crippen LogP contribution in [0.2, 0.25) is 0 Å². The third kappa shape index (κ3) is 3.03. The van der Waals surface area contributed by atoms with Gasteiger partial charge < -0.3 is 5.11 Å². The van der Waals surface area contributed by atoms with Gasteiger partial charge in [0, 0.05) is 0 Å². The Kier molecular flexibility index (Phi) is 2.44. The van der Waals surface area contributed by atoms with Gasteiger partial charge in [-0.15, -0.1) is 0 Å². The van der Waals surface area contributed by atoms with E-state index in [1.807, 2.05) is 0 Å². The molecule has 0 aliphatic heterocycles. The average molecular weight is 69.1 g/mol. The van der Waals surface area contributed by atoms with Gasteiger partial charge in [0.05, 0.1) is 18.4 Å². The molecular weight excluding hydrogens is 66.0 g/mol. The largest absolute Gasteiger partial charge is 0.515 e. The standard InChI is InChI=1S/C3H3NO/c4-2-1-3-5/h1,3,5H/b3-1-. The third-order valence-corrected chi connectivity index (χ3v) is 0.149. The second-order valence-corrected chi connectivity index (χ2v) is 0.445.